The van der Waals surface area contributed by atoms with Crippen molar-refractivity contribution < 1.29 is 19.0 Å². The number of ether oxygens (including phenoxy) is 3. The number of hydrogen-bond donors (Lipinski definition) is 0. The summed E-state index contributed by atoms with van der Waals surface area (Å²) in [7, 11) is 1.66. The van der Waals surface area contributed by atoms with Crippen LogP contribution in [0.25, 0.3) is 20.8 Å². The maximum atomic E-state index is 13.0. The Morgan fingerprint density at radius 3 is 2.64 bits per heavy atom. The Balaban J connectivity index is 1.02. The molecule has 0 radical (unpaired) electrons. The molecule has 1 amide bonds. The zero-order valence-corrected chi connectivity index (χ0v) is 23.0. The number of hydrogen-bond acceptors (Lipinski definition) is 7. The number of carbonyl (C=O) groups excluding carboxylic acids is 1. The van der Waals surface area contributed by atoms with Gasteiger partial charge in [-0.3, -0.25) is 9.79 Å². The molecular weight excluding hydrogens is 510 g/mol. The summed E-state index contributed by atoms with van der Waals surface area (Å²) in [5, 5.41) is 0.960. The van der Waals surface area contributed by atoms with E-state index in [1.54, 1.807) is 18.4 Å². The molecule has 0 unspecified atom stereocenters. The minimum Gasteiger partial charge on any atom is -0.493 e. The predicted octanol–water partition coefficient (Wildman–Crippen LogP) is 6.84. The number of aromatic nitrogens is 1. The number of rotatable bonds is 9. The van der Waals surface area contributed by atoms with Crippen LogP contribution in [0.2, 0.25) is 0 Å². The highest BCUT2D eigenvalue weighted by atomic mass is 32.1. The molecule has 8 heteroatoms. The SMILES string of the molecule is COc1cc(-c2nc3ccccc3s2)ccc1OCCCCOc1cc2c(cc1C)C(=O)N1CCC[C@H]1C=N2. The van der Waals surface area contributed by atoms with Gasteiger partial charge in [-0.1, -0.05) is 12.1 Å². The van der Waals surface area contributed by atoms with Crippen molar-refractivity contribution in [2.24, 2.45) is 4.99 Å². The number of benzene rings is 3. The van der Waals surface area contributed by atoms with Crippen LogP contribution >= 0.6 is 11.3 Å². The van der Waals surface area contributed by atoms with E-state index in [9.17, 15) is 4.79 Å². The summed E-state index contributed by atoms with van der Waals surface area (Å²) in [6.07, 6.45) is 5.59. The summed E-state index contributed by atoms with van der Waals surface area (Å²) >= 11 is 1.67. The number of amides is 1. The zero-order chi connectivity index (χ0) is 26.8. The smallest absolute Gasteiger partial charge is 0.256 e. The molecule has 1 saturated heterocycles. The van der Waals surface area contributed by atoms with Crippen molar-refractivity contribution in [3.8, 4) is 27.8 Å². The van der Waals surface area contributed by atoms with Crippen LogP contribution in [-0.4, -0.2) is 54.9 Å². The average Bonchev–Trinajstić information content (AvgIpc) is 3.59. The number of fused-ring (bicyclic) bond motifs is 3. The number of aryl methyl sites for hydroxylation is 1. The van der Waals surface area contributed by atoms with E-state index < -0.39 is 0 Å². The Morgan fingerprint density at radius 1 is 1.00 bits per heavy atom. The second-order valence-electron chi connectivity index (χ2n) is 9.88. The molecule has 200 valence electrons. The van der Waals surface area contributed by atoms with Crippen molar-refractivity contribution in [2.45, 2.75) is 38.6 Å². The Bertz CT molecular complexity index is 1510. The molecule has 1 atom stereocenters. The van der Waals surface area contributed by atoms with Crippen molar-refractivity contribution >= 4 is 39.4 Å². The summed E-state index contributed by atoms with van der Waals surface area (Å²) in [5.41, 5.74) is 4.32. The predicted molar refractivity (Wildman–Crippen MR) is 155 cm³/mol. The van der Waals surface area contributed by atoms with E-state index in [2.05, 4.69) is 11.1 Å². The largest absolute Gasteiger partial charge is 0.493 e. The number of methoxy groups -OCH3 is 1. The standard InChI is InChI=1S/C31H31N3O4S/c1-20-16-23-25(32-19-22-8-7-13-34(22)31(23)35)18-27(20)38-15-6-5-14-37-26-12-11-21(17-28(26)36-2)30-33-24-9-3-4-10-29(24)39-30/h3-4,9-12,16-19,22H,5-8,13-15H2,1-2H3/t22-/m0/s1. The average molecular weight is 542 g/mol. The van der Waals surface area contributed by atoms with Gasteiger partial charge in [-0.05, 0) is 74.6 Å². The van der Waals surface area contributed by atoms with Gasteiger partial charge >= 0.3 is 0 Å². The Labute approximate surface area is 232 Å². The van der Waals surface area contributed by atoms with Crippen molar-refractivity contribution in [1.82, 2.24) is 9.88 Å². The fraction of sp³-hybridized carbons (Fsp3) is 0.323. The van der Waals surface area contributed by atoms with Gasteiger partial charge in [-0.15, -0.1) is 11.3 Å². The Morgan fingerprint density at radius 2 is 1.82 bits per heavy atom. The van der Waals surface area contributed by atoms with E-state index in [1.807, 2.05) is 66.6 Å². The van der Waals surface area contributed by atoms with Gasteiger partial charge in [0, 0.05) is 24.4 Å². The summed E-state index contributed by atoms with van der Waals surface area (Å²) in [4.78, 5) is 24.3. The molecule has 1 fully saturated rings. The quantitative estimate of drug-likeness (QED) is 0.217. The first-order chi connectivity index (χ1) is 19.1. The van der Waals surface area contributed by atoms with E-state index in [-0.39, 0.29) is 11.9 Å². The number of para-hydroxylation sites is 1. The van der Waals surface area contributed by atoms with Gasteiger partial charge in [0.05, 0.1) is 47.8 Å². The molecular formula is C31H31N3O4S. The van der Waals surface area contributed by atoms with Crippen LogP contribution in [0, 0.1) is 6.92 Å². The topological polar surface area (TPSA) is 73.2 Å². The monoisotopic (exact) mass is 541 g/mol. The van der Waals surface area contributed by atoms with Gasteiger partial charge in [0.2, 0.25) is 0 Å². The van der Waals surface area contributed by atoms with Gasteiger partial charge in [0.15, 0.2) is 11.5 Å². The maximum absolute atomic E-state index is 13.0. The normalized spacial score (nSPS) is 16.2. The number of carbonyl (C=O) groups is 1. The summed E-state index contributed by atoms with van der Waals surface area (Å²) in [6.45, 7) is 3.89. The third kappa shape index (κ3) is 5.21. The number of nitrogens with zero attached hydrogens (tertiary/aromatic N) is 3. The minimum absolute atomic E-state index is 0.0698. The fourth-order valence-electron chi connectivity index (χ4n) is 5.12. The molecule has 0 spiro atoms. The lowest BCUT2D eigenvalue weighted by Crippen LogP contribution is -2.35. The summed E-state index contributed by atoms with van der Waals surface area (Å²) in [6, 6.07) is 18.0. The van der Waals surface area contributed by atoms with Crippen LogP contribution in [-0.2, 0) is 0 Å². The molecule has 0 aliphatic carbocycles. The highest BCUT2D eigenvalue weighted by Crippen LogP contribution is 2.36. The maximum Gasteiger partial charge on any atom is 0.256 e. The van der Waals surface area contributed by atoms with Gasteiger partial charge < -0.3 is 19.1 Å². The van der Waals surface area contributed by atoms with Gasteiger partial charge in [0.1, 0.15) is 10.8 Å². The molecule has 0 saturated carbocycles. The van der Waals surface area contributed by atoms with Crippen LogP contribution in [0.4, 0.5) is 5.69 Å². The third-order valence-corrected chi connectivity index (χ3v) is 8.31. The van der Waals surface area contributed by atoms with Crippen molar-refractivity contribution in [2.75, 3.05) is 26.9 Å². The van der Waals surface area contributed by atoms with Crippen molar-refractivity contribution in [3.63, 3.8) is 0 Å². The number of unbranched alkanes of at least 4 members (excludes halogenated alkanes) is 1. The minimum atomic E-state index is 0.0698. The molecule has 3 aromatic carbocycles. The Hall–Kier alpha value is -3.91. The molecule has 39 heavy (non-hydrogen) atoms. The molecule has 0 bridgehead atoms. The highest BCUT2D eigenvalue weighted by Gasteiger charge is 2.32. The second-order valence-corrected chi connectivity index (χ2v) is 10.9. The van der Waals surface area contributed by atoms with E-state index in [0.717, 1.165) is 64.3 Å². The van der Waals surface area contributed by atoms with Crippen LogP contribution < -0.4 is 14.2 Å². The van der Waals surface area contributed by atoms with Gasteiger partial charge in [0.25, 0.3) is 5.91 Å². The first-order valence-electron chi connectivity index (χ1n) is 13.4. The molecule has 4 aromatic rings. The molecule has 1 aromatic heterocycles. The Kier molecular flexibility index (Phi) is 7.20. The van der Waals surface area contributed by atoms with Crippen molar-refractivity contribution in [1.29, 1.82) is 0 Å². The molecule has 2 aliphatic heterocycles. The zero-order valence-electron chi connectivity index (χ0n) is 22.2. The van der Waals surface area contributed by atoms with Gasteiger partial charge in [-0.25, -0.2) is 4.98 Å². The molecule has 3 heterocycles. The van der Waals surface area contributed by atoms with Gasteiger partial charge in [-0.2, -0.15) is 0 Å². The lowest BCUT2D eigenvalue weighted by atomic mass is 10.1. The lowest BCUT2D eigenvalue weighted by Gasteiger charge is -2.20. The number of thiazole rings is 1. The summed E-state index contributed by atoms with van der Waals surface area (Å²) < 4.78 is 18.9. The van der Waals surface area contributed by atoms with Crippen LogP contribution in [0.5, 0.6) is 17.2 Å². The first-order valence-corrected chi connectivity index (χ1v) is 14.2. The van der Waals surface area contributed by atoms with E-state index in [1.165, 1.54) is 0 Å². The molecule has 0 N–H and O–H groups in total. The summed E-state index contributed by atoms with van der Waals surface area (Å²) in [5.74, 6) is 2.25. The molecule has 6 rings (SSSR count). The third-order valence-electron chi connectivity index (χ3n) is 7.23. The first kappa shape index (κ1) is 25.4. The lowest BCUT2D eigenvalue weighted by molar-refractivity contribution is 0.0774. The van der Waals surface area contributed by atoms with Crippen molar-refractivity contribution in [3.05, 3.63) is 65.7 Å². The highest BCUT2D eigenvalue weighted by molar-refractivity contribution is 7.21. The van der Waals surface area contributed by atoms with Crippen LogP contribution in [0.3, 0.4) is 0 Å². The van der Waals surface area contributed by atoms with Crippen LogP contribution in [0.1, 0.15) is 41.6 Å². The molecule has 7 nitrogen and oxygen atoms in total. The number of aliphatic imine (C=N–C) groups is 1. The van der Waals surface area contributed by atoms with E-state index >= 15 is 0 Å². The van der Waals surface area contributed by atoms with E-state index in [0.29, 0.717) is 36.0 Å². The van der Waals surface area contributed by atoms with E-state index in [4.69, 9.17) is 19.2 Å². The van der Waals surface area contributed by atoms with Crippen LogP contribution in [0.15, 0.2) is 59.6 Å². The fourth-order valence-corrected chi connectivity index (χ4v) is 6.08. The molecule has 2 aliphatic rings. The second kappa shape index (κ2) is 11.1.